The number of phenolic OH excluding ortho intramolecular Hbond substituents is 1. The van der Waals surface area contributed by atoms with Crippen LogP contribution in [0.3, 0.4) is 0 Å². The Bertz CT molecular complexity index is 707. The van der Waals surface area contributed by atoms with Gasteiger partial charge in [-0.15, -0.1) is 0 Å². The molecule has 0 spiro atoms. The van der Waals surface area contributed by atoms with Crippen LogP contribution >= 0.6 is 0 Å². The molecule has 0 fully saturated rings. The molecule has 0 aliphatic rings. The maximum Gasteiger partial charge on any atom is 0.188 e. The van der Waals surface area contributed by atoms with Crippen molar-refractivity contribution in [2.45, 2.75) is 6.92 Å². The highest BCUT2D eigenvalue weighted by atomic mass is 16.7. The number of nitrogens with zero attached hydrogens (tertiary/aromatic N) is 1. The summed E-state index contributed by atoms with van der Waals surface area (Å²) in [4.78, 5) is 4.38. The highest BCUT2D eigenvalue weighted by Crippen LogP contribution is 2.35. The van der Waals surface area contributed by atoms with Crippen LogP contribution in [-0.4, -0.2) is 39.4 Å². The van der Waals surface area contributed by atoms with E-state index in [1.807, 2.05) is 13.0 Å². The lowest BCUT2D eigenvalue weighted by molar-refractivity contribution is 0.0508. The monoisotopic (exact) mass is 331 g/mol. The summed E-state index contributed by atoms with van der Waals surface area (Å²) in [5.41, 5.74) is 2.04. The molecule has 0 atom stereocenters. The second kappa shape index (κ2) is 8.21. The van der Waals surface area contributed by atoms with E-state index in [0.29, 0.717) is 28.5 Å². The lowest BCUT2D eigenvalue weighted by Gasteiger charge is -2.13. The first-order valence-corrected chi connectivity index (χ1v) is 7.31. The molecule has 0 aromatic heterocycles. The van der Waals surface area contributed by atoms with E-state index < -0.39 is 0 Å². The van der Waals surface area contributed by atoms with Gasteiger partial charge in [-0.25, -0.2) is 0 Å². The van der Waals surface area contributed by atoms with E-state index in [-0.39, 0.29) is 12.5 Å². The maximum atomic E-state index is 9.95. The average Bonchev–Trinajstić information content (AvgIpc) is 2.59. The van der Waals surface area contributed by atoms with Crippen LogP contribution in [0.25, 0.3) is 0 Å². The number of benzene rings is 2. The molecule has 0 saturated carbocycles. The molecule has 2 aromatic rings. The molecule has 0 bridgehead atoms. The normalized spacial score (nSPS) is 10.8. The van der Waals surface area contributed by atoms with Crippen molar-refractivity contribution in [1.29, 1.82) is 0 Å². The van der Waals surface area contributed by atoms with E-state index in [0.717, 1.165) is 5.56 Å². The van der Waals surface area contributed by atoms with Gasteiger partial charge in [-0.2, -0.15) is 0 Å². The number of aryl methyl sites for hydroxylation is 1. The van der Waals surface area contributed by atoms with Crippen LogP contribution in [0.2, 0.25) is 0 Å². The molecule has 2 rings (SSSR count). The quantitative estimate of drug-likeness (QED) is 0.621. The lowest BCUT2D eigenvalue weighted by atomic mass is 10.1. The van der Waals surface area contributed by atoms with Crippen molar-refractivity contribution < 1.29 is 24.1 Å². The van der Waals surface area contributed by atoms with Gasteiger partial charge in [0, 0.05) is 25.0 Å². The molecule has 128 valence electrons. The van der Waals surface area contributed by atoms with E-state index in [1.54, 1.807) is 51.8 Å². The first-order chi connectivity index (χ1) is 11.6. The molecule has 0 aliphatic carbocycles. The molecule has 0 unspecified atom stereocenters. The molecular weight excluding hydrogens is 310 g/mol. The molecule has 0 aliphatic heterocycles. The van der Waals surface area contributed by atoms with Crippen LogP contribution in [0.15, 0.2) is 35.3 Å². The molecule has 1 N–H and O–H groups in total. The van der Waals surface area contributed by atoms with Gasteiger partial charge in [-0.1, -0.05) is 12.1 Å². The fraction of sp³-hybridized carbons (Fsp3) is 0.278. The first kappa shape index (κ1) is 17.6. The minimum absolute atomic E-state index is 0.0892. The number of methoxy groups -OCH3 is 3. The highest BCUT2D eigenvalue weighted by Gasteiger charge is 2.12. The minimum Gasteiger partial charge on any atom is -0.506 e. The summed E-state index contributed by atoms with van der Waals surface area (Å²) in [5.74, 6) is 1.75. The van der Waals surface area contributed by atoms with E-state index in [9.17, 15) is 5.11 Å². The Kier molecular flexibility index (Phi) is 6.03. The van der Waals surface area contributed by atoms with Crippen LogP contribution in [0.5, 0.6) is 23.0 Å². The summed E-state index contributed by atoms with van der Waals surface area (Å²) in [6, 6.07) is 8.70. The van der Waals surface area contributed by atoms with Gasteiger partial charge < -0.3 is 24.1 Å². The Morgan fingerprint density at radius 1 is 1.04 bits per heavy atom. The molecule has 0 amide bonds. The van der Waals surface area contributed by atoms with Crippen LogP contribution in [0, 0.1) is 6.92 Å². The Morgan fingerprint density at radius 2 is 1.75 bits per heavy atom. The molecule has 0 saturated heterocycles. The number of rotatable bonds is 7. The van der Waals surface area contributed by atoms with Crippen molar-refractivity contribution >= 4 is 11.9 Å². The maximum absolute atomic E-state index is 9.95. The third-order valence-electron chi connectivity index (χ3n) is 3.40. The van der Waals surface area contributed by atoms with Gasteiger partial charge in [-0.05, 0) is 24.6 Å². The van der Waals surface area contributed by atoms with Crippen molar-refractivity contribution in [3.05, 3.63) is 41.5 Å². The third kappa shape index (κ3) is 3.97. The summed E-state index contributed by atoms with van der Waals surface area (Å²) in [6.45, 7) is 1.97. The molecule has 2 aromatic carbocycles. The van der Waals surface area contributed by atoms with Crippen molar-refractivity contribution in [2.75, 3.05) is 28.1 Å². The summed E-state index contributed by atoms with van der Waals surface area (Å²) >= 11 is 0. The molecule has 6 heteroatoms. The second-order valence-corrected chi connectivity index (χ2v) is 5.00. The largest absolute Gasteiger partial charge is 0.506 e. The Labute approximate surface area is 141 Å². The van der Waals surface area contributed by atoms with E-state index in [2.05, 4.69) is 4.99 Å². The van der Waals surface area contributed by atoms with Gasteiger partial charge in [0.1, 0.15) is 17.2 Å². The summed E-state index contributed by atoms with van der Waals surface area (Å²) in [5, 5.41) is 9.95. The lowest BCUT2D eigenvalue weighted by Crippen LogP contribution is -2.03. The first-order valence-electron chi connectivity index (χ1n) is 7.31. The number of aromatic hydroxyl groups is 1. The van der Waals surface area contributed by atoms with Crippen LogP contribution in [0.4, 0.5) is 5.69 Å². The molecule has 0 radical (unpaired) electrons. The van der Waals surface area contributed by atoms with Gasteiger partial charge in [0.25, 0.3) is 0 Å². The number of hydrogen-bond acceptors (Lipinski definition) is 6. The van der Waals surface area contributed by atoms with Crippen LogP contribution in [-0.2, 0) is 4.74 Å². The van der Waals surface area contributed by atoms with Crippen molar-refractivity contribution in [3.63, 3.8) is 0 Å². The average molecular weight is 331 g/mol. The number of para-hydroxylation sites is 1. The van der Waals surface area contributed by atoms with Crippen molar-refractivity contribution in [3.8, 4) is 23.0 Å². The zero-order valence-corrected chi connectivity index (χ0v) is 14.2. The molecule has 24 heavy (non-hydrogen) atoms. The minimum atomic E-state index is 0.0892. The summed E-state index contributed by atoms with van der Waals surface area (Å²) < 4.78 is 21.1. The molecular formula is C18H21NO5. The van der Waals surface area contributed by atoms with Gasteiger partial charge >= 0.3 is 0 Å². The predicted molar refractivity (Wildman–Crippen MR) is 92.1 cm³/mol. The smallest absolute Gasteiger partial charge is 0.188 e. The summed E-state index contributed by atoms with van der Waals surface area (Å²) in [7, 11) is 4.65. The topological polar surface area (TPSA) is 69.5 Å². The molecule has 0 heterocycles. The number of aliphatic imine (C=N–C) groups is 1. The van der Waals surface area contributed by atoms with Crippen LogP contribution < -0.4 is 14.2 Å². The van der Waals surface area contributed by atoms with Gasteiger partial charge in [0.15, 0.2) is 18.3 Å². The van der Waals surface area contributed by atoms with Crippen LogP contribution in [0.1, 0.15) is 11.1 Å². The Morgan fingerprint density at radius 3 is 2.38 bits per heavy atom. The number of hydrogen-bond donors (Lipinski definition) is 1. The van der Waals surface area contributed by atoms with Crippen molar-refractivity contribution in [2.24, 2.45) is 4.99 Å². The fourth-order valence-electron chi connectivity index (χ4n) is 2.17. The van der Waals surface area contributed by atoms with Gasteiger partial charge in [-0.3, -0.25) is 4.99 Å². The zero-order valence-electron chi connectivity index (χ0n) is 14.2. The van der Waals surface area contributed by atoms with E-state index in [1.165, 1.54) is 0 Å². The predicted octanol–water partition coefficient (Wildman–Crippen LogP) is 3.45. The zero-order chi connectivity index (χ0) is 17.5. The van der Waals surface area contributed by atoms with E-state index >= 15 is 0 Å². The summed E-state index contributed by atoms with van der Waals surface area (Å²) in [6.07, 6.45) is 1.61. The highest BCUT2D eigenvalue weighted by molar-refractivity contribution is 5.87. The Balaban J connectivity index is 2.45. The van der Waals surface area contributed by atoms with Gasteiger partial charge in [0.2, 0.25) is 0 Å². The SMILES string of the molecule is COCOc1cc(OC)c(OC)cc1/C=N/c1c(C)cccc1O. The third-order valence-corrected chi connectivity index (χ3v) is 3.40. The standard InChI is InChI=1S/C18H21NO5/c1-12-6-5-7-14(20)18(12)19-10-13-8-16(22-3)17(23-4)9-15(13)24-11-21-2/h5-10,20H,11H2,1-4H3/b19-10+. The number of ether oxygens (including phenoxy) is 4. The van der Waals surface area contributed by atoms with Crippen molar-refractivity contribution in [1.82, 2.24) is 0 Å². The van der Waals surface area contributed by atoms with E-state index in [4.69, 9.17) is 18.9 Å². The second-order valence-electron chi connectivity index (χ2n) is 5.00. The molecule has 6 nitrogen and oxygen atoms in total. The number of phenols is 1. The fourth-order valence-corrected chi connectivity index (χ4v) is 2.17. The Hall–Kier alpha value is -2.73. The van der Waals surface area contributed by atoms with Gasteiger partial charge in [0.05, 0.1) is 14.2 Å².